The number of aromatic nitrogens is 2. The minimum absolute atomic E-state index is 0.0675. The van der Waals surface area contributed by atoms with Gasteiger partial charge in [0.05, 0.1) is 10.9 Å². The maximum absolute atomic E-state index is 12.4. The first-order valence-electron chi connectivity index (χ1n) is 8.11. The quantitative estimate of drug-likeness (QED) is 0.661. The van der Waals surface area contributed by atoms with Crippen molar-refractivity contribution in [1.29, 1.82) is 0 Å². The van der Waals surface area contributed by atoms with Crippen LogP contribution in [0.2, 0.25) is 0 Å². The summed E-state index contributed by atoms with van der Waals surface area (Å²) in [5, 5.41) is 3.12. The maximum atomic E-state index is 12.4. The lowest BCUT2D eigenvalue weighted by Gasteiger charge is -2.14. The van der Waals surface area contributed by atoms with Crippen LogP contribution in [0.5, 0.6) is 0 Å². The predicted octanol–water partition coefficient (Wildman–Crippen LogP) is 2.99. The number of rotatable bonds is 4. The summed E-state index contributed by atoms with van der Waals surface area (Å²) in [6.07, 6.45) is 2.61. The average Bonchev–Trinajstić information content (AvgIpc) is 2.99. The van der Waals surface area contributed by atoms with E-state index in [0.29, 0.717) is 5.16 Å². The highest BCUT2D eigenvalue weighted by molar-refractivity contribution is 8.00. The number of benzene rings is 1. The molecule has 0 spiro atoms. The second kappa shape index (κ2) is 6.81. The Labute approximate surface area is 145 Å². The van der Waals surface area contributed by atoms with Crippen molar-refractivity contribution in [2.45, 2.75) is 50.4 Å². The normalized spacial score (nSPS) is 14.3. The molecule has 2 aromatic rings. The molecule has 126 valence electrons. The van der Waals surface area contributed by atoms with Crippen LogP contribution in [0.4, 0.5) is 5.69 Å². The summed E-state index contributed by atoms with van der Waals surface area (Å²) >= 11 is 1.28. The van der Waals surface area contributed by atoms with Gasteiger partial charge in [-0.15, -0.1) is 0 Å². The Balaban J connectivity index is 1.72. The van der Waals surface area contributed by atoms with E-state index in [1.54, 1.807) is 0 Å². The molecule has 0 saturated heterocycles. The fourth-order valence-corrected chi connectivity index (χ4v) is 3.62. The van der Waals surface area contributed by atoms with Crippen molar-refractivity contribution >= 4 is 23.4 Å². The number of hydrogen-bond donors (Lipinski definition) is 2. The van der Waals surface area contributed by atoms with E-state index in [0.717, 1.165) is 47.3 Å². The van der Waals surface area contributed by atoms with Crippen LogP contribution in [0.3, 0.4) is 0 Å². The number of anilines is 1. The molecule has 0 fully saturated rings. The molecule has 0 bridgehead atoms. The van der Waals surface area contributed by atoms with Crippen molar-refractivity contribution in [3.05, 3.63) is 50.9 Å². The van der Waals surface area contributed by atoms with Gasteiger partial charge in [0.2, 0.25) is 5.91 Å². The molecule has 1 heterocycles. The number of thioether (sulfide) groups is 1. The van der Waals surface area contributed by atoms with Crippen LogP contribution in [0.25, 0.3) is 0 Å². The van der Waals surface area contributed by atoms with Crippen molar-refractivity contribution in [2.24, 2.45) is 0 Å². The highest BCUT2D eigenvalue weighted by Crippen LogP contribution is 2.24. The van der Waals surface area contributed by atoms with E-state index in [1.165, 1.54) is 11.8 Å². The Kier molecular flexibility index (Phi) is 4.76. The molecular formula is C18H21N3O2S. The monoisotopic (exact) mass is 343 g/mol. The number of carbonyl (C=O) groups excluding carboxylic acids is 1. The minimum atomic E-state index is -0.354. The number of nitrogens with zero attached hydrogens (tertiary/aromatic N) is 1. The Morgan fingerprint density at radius 1 is 1.33 bits per heavy atom. The molecule has 2 N–H and O–H groups in total. The van der Waals surface area contributed by atoms with Crippen molar-refractivity contribution < 1.29 is 4.79 Å². The van der Waals surface area contributed by atoms with E-state index in [9.17, 15) is 9.59 Å². The van der Waals surface area contributed by atoms with Crippen LogP contribution >= 0.6 is 11.8 Å². The number of aromatic amines is 1. The zero-order valence-corrected chi connectivity index (χ0v) is 14.9. The summed E-state index contributed by atoms with van der Waals surface area (Å²) in [5.41, 5.74) is 4.55. The number of aryl methyl sites for hydroxylation is 3. The topological polar surface area (TPSA) is 74.8 Å². The second-order valence-corrected chi connectivity index (χ2v) is 7.55. The summed E-state index contributed by atoms with van der Waals surface area (Å²) < 4.78 is 0. The van der Waals surface area contributed by atoms with E-state index in [-0.39, 0.29) is 16.7 Å². The first kappa shape index (κ1) is 16.8. The summed E-state index contributed by atoms with van der Waals surface area (Å²) in [6.45, 7) is 5.78. The Morgan fingerprint density at radius 2 is 2.12 bits per heavy atom. The van der Waals surface area contributed by atoms with Gasteiger partial charge in [0.25, 0.3) is 5.56 Å². The number of carbonyl (C=O) groups is 1. The lowest BCUT2D eigenvalue weighted by Crippen LogP contribution is -2.24. The molecule has 5 nitrogen and oxygen atoms in total. The summed E-state index contributed by atoms with van der Waals surface area (Å²) in [4.78, 5) is 31.8. The standard InChI is InChI=1S/C18H21N3O2S/c1-10-7-8-11(2)15(9-10)19-16(22)12(3)24-18-20-14-6-4-5-13(14)17(23)21-18/h7-9,12H,4-6H2,1-3H3,(H,19,22)(H,20,21,23)/t12-/m1/s1. The molecule has 1 aliphatic carbocycles. The summed E-state index contributed by atoms with van der Waals surface area (Å²) in [6, 6.07) is 5.96. The predicted molar refractivity (Wildman–Crippen MR) is 96.7 cm³/mol. The first-order valence-corrected chi connectivity index (χ1v) is 8.99. The van der Waals surface area contributed by atoms with Gasteiger partial charge in [-0.3, -0.25) is 9.59 Å². The van der Waals surface area contributed by atoms with E-state index >= 15 is 0 Å². The van der Waals surface area contributed by atoms with Crippen LogP contribution in [0, 0.1) is 13.8 Å². The van der Waals surface area contributed by atoms with E-state index in [1.807, 2.05) is 39.0 Å². The molecule has 0 radical (unpaired) electrons. The molecule has 1 aliphatic rings. The molecule has 0 saturated carbocycles. The Bertz CT molecular complexity index is 845. The molecule has 1 aromatic carbocycles. The molecule has 3 rings (SSSR count). The van der Waals surface area contributed by atoms with Gasteiger partial charge in [0, 0.05) is 11.3 Å². The van der Waals surface area contributed by atoms with E-state index in [2.05, 4.69) is 15.3 Å². The van der Waals surface area contributed by atoms with Crippen molar-refractivity contribution in [3.8, 4) is 0 Å². The van der Waals surface area contributed by atoms with Gasteiger partial charge >= 0.3 is 0 Å². The maximum Gasteiger partial charge on any atom is 0.254 e. The molecule has 6 heteroatoms. The lowest BCUT2D eigenvalue weighted by molar-refractivity contribution is -0.115. The summed E-state index contributed by atoms with van der Waals surface area (Å²) in [7, 11) is 0. The van der Waals surface area contributed by atoms with Gasteiger partial charge in [0.1, 0.15) is 0 Å². The fourth-order valence-electron chi connectivity index (χ4n) is 2.80. The van der Waals surface area contributed by atoms with Crippen molar-refractivity contribution in [1.82, 2.24) is 9.97 Å². The van der Waals surface area contributed by atoms with Gasteiger partial charge in [-0.2, -0.15) is 0 Å². The number of fused-ring (bicyclic) bond motifs is 1. The largest absolute Gasteiger partial charge is 0.325 e. The Morgan fingerprint density at radius 3 is 2.92 bits per heavy atom. The van der Waals surface area contributed by atoms with Crippen LogP contribution in [-0.2, 0) is 17.6 Å². The lowest BCUT2D eigenvalue weighted by atomic mass is 10.1. The zero-order chi connectivity index (χ0) is 17.3. The van der Waals surface area contributed by atoms with Gasteiger partial charge in [-0.1, -0.05) is 23.9 Å². The third-order valence-corrected chi connectivity index (χ3v) is 5.21. The van der Waals surface area contributed by atoms with E-state index in [4.69, 9.17) is 0 Å². The molecule has 0 unspecified atom stereocenters. The van der Waals surface area contributed by atoms with Crippen molar-refractivity contribution in [3.63, 3.8) is 0 Å². The van der Waals surface area contributed by atoms with Gasteiger partial charge in [-0.05, 0) is 57.2 Å². The number of hydrogen-bond acceptors (Lipinski definition) is 4. The van der Waals surface area contributed by atoms with Crippen LogP contribution in [0.1, 0.15) is 35.7 Å². The molecule has 1 amide bonds. The first-order chi connectivity index (χ1) is 11.4. The second-order valence-electron chi connectivity index (χ2n) is 6.22. The van der Waals surface area contributed by atoms with Gasteiger partial charge in [0.15, 0.2) is 5.16 Å². The number of H-pyrrole nitrogens is 1. The average molecular weight is 343 g/mol. The molecule has 0 aliphatic heterocycles. The van der Waals surface area contributed by atoms with Gasteiger partial charge in [-0.25, -0.2) is 4.98 Å². The third kappa shape index (κ3) is 3.53. The fraction of sp³-hybridized carbons (Fsp3) is 0.389. The molecule has 1 aromatic heterocycles. The van der Waals surface area contributed by atoms with Crippen LogP contribution in [-0.4, -0.2) is 21.1 Å². The SMILES string of the molecule is Cc1ccc(C)c(NC(=O)[C@@H](C)Sc2nc3c(c(=O)[nH]2)CCC3)c1. The van der Waals surface area contributed by atoms with E-state index < -0.39 is 0 Å². The van der Waals surface area contributed by atoms with Crippen LogP contribution in [0.15, 0.2) is 28.2 Å². The smallest absolute Gasteiger partial charge is 0.254 e. The zero-order valence-electron chi connectivity index (χ0n) is 14.1. The highest BCUT2D eigenvalue weighted by atomic mass is 32.2. The third-order valence-electron chi connectivity index (χ3n) is 4.23. The molecule has 1 atom stereocenters. The number of nitrogens with one attached hydrogen (secondary N) is 2. The minimum Gasteiger partial charge on any atom is -0.325 e. The molecular weight excluding hydrogens is 322 g/mol. The van der Waals surface area contributed by atoms with Crippen LogP contribution < -0.4 is 10.9 Å². The Hall–Kier alpha value is -2.08. The summed E-state index contributed by atoms with van der Waals surface area (Å²) in [5.74, 6) is -0.100. The highest BCUT2D eigenvalue weighted by Gasteiger charge is 2.21. The number of amides is 1. The van der Waals surface area contributed by atoms with Crippen molar-refractivity contribution in [2.75, 3.05) is 5.32 Å². The van der Waals surface area contributed by atoms with Gasteiger partial charge < -0.3 is 10.3 Å². The molecule has 24 heavy (non-hydrogen) atoms.